The Kier molecular flexibility index (Phi) is 4.53. The summed E-state index contributed by atoms with van der Waals surface area (Å²) in [5.74, 6) is 2.86. The zero-order valence-electron chi connectivity index (χ0n) is 15.1. The highest BCUT2D eigenvalue weighted by Gasteiger charge is 2.40. The molecule has 3 fully saturated rings. The van der Waals surface area contributed by atoms with Crippen LogP contribution < -0.4 is 4.90 Å². The van der Waals surface area contributed by atoms with E-state index in [0.717, 1.165) is 55.7 Å². The number of rotatable bonds is 4. The van der Waals surface area contributed by atoms with Gasteiger partial charge in [0.05, 0.1) is 0 Å². The summed E-state index contributed by atoms with van der Waals surface area (Å²) in [4.78, 5) is 28.4. The molecule has 1 aromatic carbocycles. The number of benzene rings is 1. The lowest BCUT2D eigenvalue weighted by Gasteiger charge is -2.37. The number of amides is 1. The van der Waals surface area contributed by atoms with Crippen LogP contribution in [0.4, 0.5) is 5.69 Å². The fraction of sp³-hybridized carbons (Fsp3) is 0.619. The molecule has 0 aromatic heterocycles. The van der Waals surface area contributed by atoms with Crippen LogP contribution in [0.25, 0.3) is 0 Å². The lowest BCUT2D eigenvalue weighted by atomic mass is 9.86. The van der Waals surface area contributed by atoms with Gasteiger partial charge < -0.3 is 9.80 Å². The van der Waals surface area contributed by atoms with E-state index >= 15 is 0 Å². The number of ketones is 1. The van der Waals surface area contributed by atoms with Crippen molar-refractivity contribution in [3.8, 4) is 0 Å². The first-order valence-electron chi connectivity index (χ1n) is 9.74. The third kappa shape index (κ3) is 3.44. The van der Waals surface area contributed by atoms with Crippen LogP contribution in [0.1, 0.15) is 49.4 Å². The van der Waals surface area contributed by atoms with Gasteiger partial charge in [0, 0.05) is 43.9 Å². The van der Waals surface area contributed by atoms with Crippen LogP contribution >= 0.6 is 0 Å². The molecule has 25 heavy (non-hydrogen) atoms. The predicted molar refractivity (Wildman–Crippen MR) is 98.8 cm³/mol. The van der Waals surface area contributed by atoms with Gasteiger partial charge in [-0.3, -0.25) is 9.59 Å². The minimum atomic E-state index is 0.0996. The average Bonchev–Trinajstić information content (AvgIpc) is 3.25. The zero-order chi connectivity index (χ0) is 17.4. The number of hydrogen-bond donors (Lipinski definition) is 0. The third-order valence-corrected chi connectivity index (χ3v) is 6.59. The Morgan fingerprint density at radius 1 is 1.00 bits per heavy atom. The highest BCUT2D eigenvalue weighted by atomic mass is 16.2. The first-order chi connectivity index (χ1) is 12.1. The van der Waals surface area contributed by atoms with Crippen molar-refractivity contribution < 1.29 is 9.59 Å². The fourth-order valence-electron chi connectivity index (χ4n) is 5.10. The highest BCUT2D eigenvalue weighted by Crippen LogP contribution is 2.49. The Morgan fingerprint density at radius 3 is 2.28 bits per heavy atom. The molecule has 0 N–H and O–H groups in total. The minimum absolute atomic E-state index is 0.0996. The normalized spacial score (nSPS) is 28.4. The van der Waals surface area contributed by atoms with E-state index in [2.05, 4.69) is 9.80 Å². The Labute approximate surface area is 150 Å². The van der Waals surface area contributed by atoms with E-state index in [1.165, 1.54) is 25.7 Å². The van der Waals surface area contributed by atoms with Gasteiger partial charge in [-0.2, -0.15) is 0 Å². The molecule has 2 bridgehead atoms. The standard InChI is InChI=1S/C21H28N2O2/c1-15(24)17-4-6-20(7-5-17)22-8-10-23(11-9-22)21(25)14-19-13-16-2-3-18(19)12-16/h4-7,16,18-19H,2-3,8-14H2,1H3/t16-,18-,19+/m1/s1. The molecule has 1 saturated heterocycles. The van der Waals surface area contributed by atoms with Gasteiger partial charge in [0.25, 0.3) is 0 Å². The number of carbonyl (C=O) groups excluding carboxylic acids is 2. The molecule has 2 aliphatic carbocycles. The van der Waals surface area contributed by atoms with Crippen molar-refractivity contribution in [2.24, 2.45) is 17.8 Å². The monoisotopic (exact) mass is 340 g/mol. The summed E-state index contributed by atoms with van der Waals surface area (Å²) in [6, 6.07) is 7.82. The number of fused-ring (bicyclic) bond motifs is 2. The quantitative estimate of drug-likeness (QED) is 0.789. The van der Waals surface area contributed by atoms with E-state index in [4.69, 9.17) is 0 Å². The van der Waals surface area contributed by atoms with Crippen molar-refractivity contribution in [3.63, 3.8) is 0 Å². The molecule has 1 heterocycles. The van der Waals surface area contributed by atoms with E-state index in [1.54, 1.807) is 6.92 Å². The van der Waals surface area contributed by atoms with Crippen molar-refractivity contribution in [1.29, 1.82) is 0 Å². The van der Waals surface area contributed by atoms with E-state index in [1.807, 2.05) is 24.3 Å². The van der Waals surface area contributed by atoms with Crippen LogP contribution in [0.2, 0.25) is 0 Å². The summed E-state index contributed by atoms with van der Waals surface area (Å²) in [5.41, 5.74) is 1.90. The van der Waals surface area contributed by atoms with Crippen molar-refractivity contribution in [1.82, 2.24) is 4.90 Å². The summed E-state index contributed by atoms with van der Waals surface area (Å²) in [6.45, 7) is 4.97. The van der Waals surface area contributed by atoms with Crippen LogP contribution in [0.3, 0.4) is 0 Å². The lowest BCUT2D eigenvalue weighted by Crippen LogP contribution is -2.49. The minimum Gasteiger partial charge on any atom is -0.368 e. The SMILES string of the molecule is CC(=O)c1ccc(N2CCN(C(=O)C[C@@H]3C[C@@H]4CC[C@@H]3C4)CC2)cc1. The second-order valence-electron chi connectivity index (χ2n) is 8.11. The third-order valence-electron chi connectivity index (χ3n) is 6.59. The van der Waals surface area contributed by atoms with Crippen LogP contribution in [0.15, 0.2) is 24.3 Å². The Balaban J connectivity index is 1.29. The zero-order valence-corrected chi connectivity index (χ0v) is 15.1. The molecule has 3 aliphatic rings. The van der Waals surface area contributed by atoms with Crippen LogP contribution in [-0.4, -0.2) is 42.8 Å². The van der Waals surface area contributed by atoms with Gasteiger partial charge in [-0.05, 0) is 68.2 Å². The summed E-state index contributed by atoms with van der Waals surface area (Å²) >= 11 is 0. The smallest absolute Gasteiger partial charge is 0.222 e. The van der Waals surface area contributed by atoms with Crippen LogP contribution in [0.5, 0.6) is 0 Å². The van der Waals surface area contributed by atoms with Crippen molar-refractivity contribution >= 4 is 17.4 Å². The molecule has 0 unspecified atom stereocenters. The Hall–Kier alpha value is -1.84. The number of anilines is 1. The van der Waals surface area contributed by atoms with Gasteiger partial charge in [0.1, 0.15) is 0 Å². The second-order valence-corrected chi connectivity index (χ2v) is 8.11. The van der Waals surface area contributed by atoms with Gasteiger partial charge in [0.15, 0.2) is 5.78 Å². The molecule has 0 spiro atoms. The maximum absolute atomic E-state index is 12.7. The van der Waals surface area contributed by atoms with Crippen molar-refractivity contribution in [2.75, 3.05) is 31.1 Å². The molecule has 2 saturated carbocycles. The highest BCUT2D eigenvalue weighted by molar-refractivity contribution is 5.94. The van der Waals surface area contributed by atoms with E-state index in [9.17, 15) is 9.59 Å². The molecule has 4 heteroatoms. The first kappa shape index (κ1) is 16.6. The van der Waals surface area contributed by atoms with Crippen LogP contribution in [0, 0.1) is 17.8 Å². The number of nitrogens with zero attached hydrogens (tertiary/aromatic N) is 2. The predicted octanol–water partition coefficient (Wildman–Crippen LogP) is 3.36. The molecule has 4 rings (SSSR count). The molecule has 1 amide bonds. The number of carbonyl (C=O) groups is 2. The van der Waals surface area contributed by atoms with Crippen molar-refractivity contribution in [3.05, 3.63) is 29.8 Å². The number of hydrogen-bond acceptors (Lipinski definition) is 3. The summed E-state index contributed by atoms with van der Waals surface area (Å²) < 4.78 is 0. The first-order valence-corrected chi connectivity index (χ1v) is 9.74. The molecule has 4 nitrogen and oxygen atoms in total. The van der Waals surface area contributed by atoms with Crippen molar-refractivity contribution in [2.45, 2.75) is 39.0 Å². The lowest BCUT2D eigenvalue weighted by molar-refractivity contribution is -0.132. The second kappa shape index (κ2) is 6.81. The number of piperazine rings is 1. The summed E-state index contributed by atoms with van der Waals surface area (Å²) in [5, 5.41) is 0. The molecule has 3 atom stereocenters. The Morgan fingerprint density at radius 2 is 1.72 bits per heavy atom. The van der Waals surface area contributed by atoms with Gasteiger partial charge in [-0.25, -0.2) is 0 Å². The van der Waals surface area contributed by atoms with Crippen LogP contribution in [-0.2, 0) is 4.79 Å². The van der Waals surface area contributed by atoms with E-state index < -0.39 is 0 Å². The van der Waals surface area contributed by atoms with Gasteiger partial charge in [0.2, 0.25) is 5.91 Å². The van der Waals surface area contributed by atoms with Gasteiger partial charge in [-0.1, -0.05) is 6.42 Å². The number of Topliss-reactive ketones (excluding diaryl/α,β-unsaturated/α-hetero) is 1. The topological polar surface area (TPSA) is 40.6 Å². The maximum Gasteiger partial charge on any atom is 0.222 e. The summed E-state index contributed by atoms with van der Waals surface area (Å²) in [7, 11) is 0. The molecular weight excluding hydrogens is 312 g/mol. The summed E-state index contributed by atoms with van der Waals surface area (Å²) in [6.07, 6.45) is 6.19. The van der Waals surface area contributed by atoms with Gasteiger partial charge in [-0.15, -0.1) is 0 Å². The fourth-order valence-corrected chi connectivity index (χ4v) is 5.10. The largest absolute Gasteiger partial charge is 0.368 e. The molecule has 1 aromatic rings. The van der Waals surface area contributed by atoms with E-state index in [-0.39, 0.29) is 5.78 Å². The molecular formula is C21H28N2O2. The molecule has 1 aliphatic heterocycles. The molecule has 134 valence electrons. The van der Waals surface area contributed by atoms with Gasteiger partial charge >= 0.3 is 0 Å². The maximum atomic E-state index is 12.7. The van der Waals surface area contributed by atoms with E-state index in [0.29, 0.717) is 11.8 Å². The molecule has 0 radical (unpaired) electrons. The average molecular weight is 340 g/mol. The Bertz CT molecular complexity index is 646.